The summed E-state index contributed by atoms with van der Waals surface area (Å²) in [5, 5.41) is 12.3. The maximum atomic E-state index is 10.8. The Kier molecular flexibility index (Phi) is 4.07. The topological polar surface area (TPSA) is 49.3 Å². The van der Waals surface area contributed by atoms with Gasteiger partial charge in [-0.15, -0.1) is 11.8 Å². The molecule has 3 atom stereocenters. The van der Waals surface area contributed by atoms with Crippen LogP contribution in [-0.4, -0.2) is 28.2 Å². The molecule has 0 radical (unpaired) electrons. The molecule has 2 N–H and O–H groups in total. The Labute approximate surface area is 106 Å². The Balaban J connectivity index is 1.88. The van der Waals surface area contributed by atoms with Crippen molar-refractivity contribution in [3.8, 4) is 0 Å². The molecule has 17 heavy (non-hydrogen) atoms. The average molecular weight is 251 g/mol. The minimum Gasteiger partial charge on any atom is -0.480 e. The first-order valence-electron chi connectivity index (χ1n) is 5.82. The third-order valence-electron chi connectivity index (χ3n) is 3.09. The van der Waals surface area contributed by atoms with Crippen LogP contribution in [0, 0.1) is 0 Å². The number of hydrogen-bond donors (Lipinski definition) is 2. The van der Waals surface area contributed by atoms with E-state index < -0.39 is 5.97 Å². The SMILES string of the molecule is CC(CC1NC(C(=O)O)CS1)c1ccccc1. The molecule has 0 spiro atoms. The van der Waals surface area contributed by atoms with Crippen LogP contribution in [0.3, 0.4) is 0 Å². The fourth-order valence-electron chi connectivity index (χ4n) is 2.05. The Bertz CT molecular complexity index is 382. The van der Waals surface area contributed by atoms with E-state index in [0.29, 0.717) is 11.7 Å². The number of thioether (sulfide) groups is 1. The average Bonchev–Trinajstić information content (AvgIpc) is 2.79. The zero-order valence-electron chi connectivity index (χ0n) is 9.80. The van der Waals surface area contributed by atoms with Gasteiger partial charge in [0.15, 0.2) is 0 Å². The second kappa shape index (κ2) is 5.56. The standard InChI is InChI=1S/C13H17NO2S/c1-9(10-5-3-2-4-6-10)7-12-14-11(8-17-12)13(15)16/h2-6,9,11-12,14H,7-8H2,1H3,(H,15,16). The van der Waals surface area contributed by atoms with Gasteiger partial charge in [-0.2, -0.15) is 0 Å². The predicted octanol–water partition coefficient (Wildman–Crippen LogP) is 2.30. The summed E-state index contributed by atoms with van der Waals surface area (Å²) >= 11 is 1.71. The lowest BCUT2D eigenvalue weighted by Gasteiger charge is -2.17. The van der Waals surface area contributed by atoms with Crippen LogP contribution in [0.25, 0.3) is 0 Å². The van der Waals surface area contributed by atoms with Crippen molar-refractivity contribution >= 4 is 17.7 Å². The zero-order valence-corrected chi connectivity index (χ0v) is 10.6. The van der Waals surface area contributed by atoms with Crippen molar-refractivity contribution in [3.05, 3.63) is 35.9 Å². The highest BCUT2D eigenvalue weighted by Gasteiger charge is 2.30. The van der Waals surface area contributed by atoms with Crippen LogP contribution in [0.2, 0.25) is 0 Å². The van der Waals surface area contributed by atoms with Gasteiger partial charge in [-0.3, -0.25) is 10.1 Å². The van der Waals surface area contributed by atoms with Crippen molar-refractivity contribution in [1.29, 1.82) is 0 Å². The Morgan fingerprint density at radius 1 is 1.53 bits per heavy atom. The molecule has 4 heteroatoms. The molecule has 1 aliphatic rings. The molecule has 0 aromatic heterocycles. The third kappa shape index (κ3) is 3.23. The largest absolute Gasteiger partial charge is 0.480 e. The lowest BCUT2D eigenvalue weighted by molar-refractivity contribution is -0.138. The molecule has 1 aliphatic heterocycles. The quantitative estimate of drug-likeness (QED) is 0.862. The normalized spacial score (nSPS) is 25.7. The molecule has 1 fully saturated rings. The van der Waals surface area contributed by atoms with E-state index in [4.69, 9.17) is 5.11 Å². The van der Waals surface area contributed by atoms with Gasteiger partial charge in [0.25, 0.3) is 0 Å². The summed E-state index contributed by atoms with van der Waals surface area (Å²) in [6.45, 7) is 2.19. The maximum Gasteiger partial charge on any atom is 0.321 e. The highest BCUT2D eigenvalue weighted by Crippen LogP contribution is 2.29. The molecular formula is C13H17NO2S. The summed E-state index contributed by atoms with van der Waals surface area (Å²) in [5.41, 5.74) is 1.31. The van der Waals surface area contributed by atoms with Gasteiger partial charge in [0, 0.05) is 5.75 Å². The molecule has 0 bridgehead atoms. The Hall–Kier alpha value is -1.00. The van der Waals surface area contributed by atoms with Crippen LogP contribution in [0.4, 0.5) is 0 Å². The first-order valence-corrected chi connectivity index (χ1v) is 6.87. The number of nitrogens with one attached hydrogen (secondary N) is 1. The molecule has 2 rings (SSSR count). The first-order chi connectivity index (χ1) is 8.16. The molecule has 1 saturated heterocycles. The number of rotatable bonds is 4. The second-order valence-corrected chi connectivity index (χ2v) is 5.66. The van der Waals surface area contributed by atoms with E-state index >= 15 is 0 Å². The molecule has 0 amide bonds. The van der Waals surface area contributed by atoms with Crippen molar-refractivity contribution in [2.24, 2.45) is 0 Å². The lowest BCUT2D eigenvalue weighted by atomic mass is 9.98. The van der Waals surface area contributed by atoms with E-state index in [0.717, 1.165) is 6.42 Å². The van der Waals surface area contributed by atoms with E-state index in [9.17, 15) is 4.79 Å². The molecule has 1 heterocycles. The fourth-order valence-corrected chi connectivity index (χ4v) is 3.40. The van der Waals surface area contributed by atoms with E-state index in [-0.39, 0.29) is 11.4 Å². The van der Waals surface area contributed by atoms with Crippen LogP contribution in [0.15, 0.2) is 30.3 Å². The number of carboxylic acids is 1. The fraction of sp³-hybridized carbons (Fsp3) is 0.462. The minimum atomic E-state index is -0.743. The van der Waals surface area contributed by atoms with Crippen LogP contribution in [0.1, 0.15) is 24.8 Å². The smallest absolute Gasteiger partial charge is 0.321 e. The minimum absolute atomic E-state index is 0.256. The van der Waals surface area contributed by atoms with E-state index in [1.54, 1.807) is 11.8 Å². The third-order valence-corrected chi connectivity index (χ3v) is 4.34. The van der Waals surface area contributed by atoms with Gasteiger partial charge in [0.2, 0.25) is 0 Å². The second-order valence-electron chi connectivity index (χ2n) is 4.43. The number of hydrogen-bond acceptors (Lipinski definition) is 3. The molecule has 0 saturated carbocycles. The van der Waals surface area contributed by atoms with Crippen LogP contribution >= 0.6 is 11.8 Å². The van der Waals surface area contributed by atoms with Crippen LogP contribution < -0.4 is 5.32 Å². The molecule has 1 aromatic rings. The summed E-state index contributed by atoms with van der Waals surface area (Å²) in [6, 6.07) is 9.97. The van der Waals surface area contributed by atoms with E-state index in [1.165, 1.54) is 5.56 Å². The van der Waals surface area contributed by atoms with Crippen molar-refractivity contribution in [1.82, 2.24) is 5.32 Å². The summed E-state index contributed by atoms with van der Waals surface area (Å²) in [7, 11) is 0. The molecule has 1 aromatic carbocycles. The molecular weight excluding hydrogens is 234 g/mol. The molecule has 3 unspecified atom stereocenters. The molecule has 3 nitrogen and oxygen atoms in total. The summed E-state index contributed by atoms with van der Waals surface area (Å²) in [6.07, 6.45) is 0.971. The number of carboxylic acid groups (broad SMARTS) is 1. The number of aliphatic carboxylic acids is 1. The van der Waals surface area contributed by atoms with Gasteiger partial charge in [0.05, 0.1) is 5.37 Å². The maximum absolute atomic E-state index is 10.8. The summed E-state index contributed by atoms with van der Waals surface area (Å²) < 4.78 is 0. The Morgan fingerprint density at radius 3 is 2.82 bits per heavy atom. The number of carbonyl (C=O) groups is 1. The van der Waals surface area contributed by atoms with E-state index in [1.807, 2.05) is 18.2 Å². The monoisotopic (exact) mass is 251 g/mol. The van der Waals surface area contributed by atoms with Crippen molar-refractivity contribution < 1.29 is 9.90 Å². The molecule has 0 aliphatic carbocycles. The van der Waals surface area contributed by atoms with Gasteiger partial charge < -0.3 is 5.11 Å². The summed E-state index contributed by atoms with van der Waals surface area (Å²) in [5.74, 6) is 0.378. The van der Waals surface area contributed by atoms with Gasteiger partial charge in [-0.05, 0) is 17.9 Å². The van der Waals surface area contributed by atoms with Crippen molar-refractivity contribution in [2.45, 2.75) is 30.7 Å². The highest BCUT2D eigenvalue weighted by molar-refractivity contribution is 8.00. The van der Waals surface area contributed by atoms with Gasteiger partial charge in [0.1, 0.15) is 6.04 Å². The summed E-state index contributed by atoms with van der Waals surface area (Å²) in [4.78, 5) is 10.8. The predicted molar refractivity (Wildman–Crippen MR) is 70.3 cm³/mol. The highest BCUT2D eigenvalue weighted by atomic mass is 32.2. The van der Waals surface area contributed by atoms with Crippen molar-refractivity contribution in [2.75, 3.05) is 5.75 Å². The zero-order chi connectivity index (χ0) is 12.3. The van der Waals surface area contributed by atoms with Crippen LogP contribution in [-0.2, 0) is 4.79 Å². The van der Waals surface area contributed by atoms with Gasteiger partial charge in [-0.1, -0.05) is 37.3 Å². The van der Waals surface area contributed by atoms with Gasteiger partial charge >= 0.3 is 5.97 Å². The van der Waals surface area contributed by atoms with E-state index in [2.05, 4.69) is 24.4 Å². The Morgan fingerprint density at radius 2 is 2.24 bits per heavy atom. The molecule has 92 valence electrons. The van der Waals surface area contributed by atoms with Gasteiger partial charge in [-0.25, -0.2) is 0 Å². The van der Waals surface area contributed by atoms with Crippen LogP contribution in [0.5, 0.6) is 0 Å². The first kappa shape index (κ1) is 12.5. The van der Waals surface area contributed by atoms with Crippen molar-refractivity contribution in [3.63, 3.8) is 0 Å². The lowest BCUT2D eigenvalue weighted by Crippen LogP contribution is -2.36. The number of benzene rings is 1.